The van der Waals surface area contributed by atoms with Crippen molar-refractivity contribution in [1.29, 1.82) is 0 Å². The number of nitrogens with zero attached hydrogens (tertiary/aromatic N) is 1. The van der Waals surface area contributed by atoms with E-state index in [4.69, 9.17) is 4.99 Å². The molecule has 3 N–H and O–H groups in total. The van der Waals surface area contributed by atoms with Gasteiger partial charge in [-0.25, -0.2) is 0 Å². The molecule has 0 atom stereocenters. The molecule has 0 amide bonds. The zero-order chi connectivity index (χ0) is 25.2. The predicted octanol–water partition coefficient (Wildman–Crippen LogP) is 9.01. The Labute approximate surface area is 227 Å². The lowest BCUT2D eigenvalue weighted by molar-refractivity contribution is 1.16. The van der Waals surface area contributed by atoms with E-state index in [1.807, 2.05) is 0 Å². The SMILES string of the molecule is Brc1ccc2[nH]cc(CNc3ccc4c(c3)c3c(c5ccccc54)N=C(c4c[nH]c5ccccc45)C3)c2c1. The van der Waals surface area contributed by atoms with E-state index in [1.165, 1.54) is 49.0 Å². The molecule has 5 aromatic carbocycles. The first kappa shape index (κ1) is 21.7. The first-order chi connectivity index (χ1) is 18.7. The van der Waals surface area contributed by atoms with Gasteiger partial charge in [0.2, 0.25) is 0 Å². The molecule has 2 aromatic heterocycles. The van der Waals surface area contributed by atoms with Crippen LogP contribution in [0.3, 0.4) is 0 Å². The fourth-order valence-electron chi connectivity index (χ4n) is 5.96. The van der Waals surface area contributed by atoms with Crippen LogP contribution < -0.4 is 5.32 Å². The number of benzene rings is 5. The fraction of sp³-hybridized carbons (Fsp3) is 0.0606. The average molecular weight is 555 g/mol. The number of fused-ring (bicyclic) bond motifs is 8. The number of H-pyrrole nitrogens is 2. The molecule has 0 unspecified atom stereocenters. The van der Waals surface area contributed by atoms with E-state index >= 15 is 0 Å². The van der Waals surface area contributed by atoms with Crippen molar-refractivity contribution in [2.24, 2.45) is 4.99 Å². The number of aromatic amines is 2. The molecule has 0 saturated heterocycles. The Morgan fingerprint density at radius 2 is 1.47 bits per heavy atom. The highest BCUT2D eigenvalue weighted by Gasteiger charge is 2.24. The third-order valence-electron chi connectivity index (χ3n) is 7.81. The van der Waals surface area contributed by atoms with E-state index in [0.29, 0.717) is 0 Å². The molecule has 38 heavy (non-hydrogen) atoms. The summed E-state index contributed by atoms with van der Waals surface area (Å²) in [4.78, 5) is 12.1. The van der Waals surface area contributed by atoms with Gasteiger partial charge in [-0.3, -0.25) is 4.99 Å². The number of aliphatic imine (C=N–C) groups is 1. The minimum absolute atomic E-state index is 0.745. The van der Waals surface area contributed by atoms with E-state index in [0.717, 1.165) is 45.6 Å². The van der Waals surface area contributed by atoms with Crippen molar-refractivity contribution in [2.45, 2.75) is 13.0 Å². The highest BCUT2D eigenvalue weighted by Crippen LogP contribution is 2.43. The molecular weight excluding hydrogens is 532 g/mol. The van der Waals surface area contributed by atoms with Crippen LogP contribution in [0.25, 0.3) is 43.4 Å². The van der Waals surface area contributed by atoms with Crippen LogP contribution >= 0.6 is 15.9 Å². The zero-order valence-electron chi connectivity index (χ0n) is 20.5. The largest absolute Gasteiger partial charge is 0.381 e. The maximum absolute atomic E-state index is 5.25. The maximum atomic E-state index is 5.25. The highest BCUT2D eigenvalue weighted by molar-refractivity contribution is 9.10. The Morgan fingerprint density at radius 1 is 0.711 bits per heavy atom. The van der Waals surface area contributed by atoms with Crippen molar-refractivity contribution in [3.05, 3.63) is 118 Å². The summed E-state index contributed by atoms with van der Waals surface area (Å²) in [6, 6.07) is 30.2. The molecule has 0 saturated carbocycles. The fourth-order valence-corrected chi connectivity index (χ4v) is 6.32. The number of para-hydroxylation sites is 1. The summed E-state index contributed by atoms with van der Waals surface area (Å²) < 4.78 is 1.09. The van der Waals surface area contributed by atoms with E-state index in [9.17, 15) is 0 Å². The number of hydrogen-bond acceptors (Lipinski definition) is 2. The first-order valence-corrected chi connectivity index (χ1v) is 13.6. The normalized spacial score (nSPS) is 13.0. The molecular formula is C33H23BrN4. The van der Waals surface area contributed by atoms with Crippen LogP contribution in [-0.4, -0.2) is 15.7 Å². The monoisotopic (exact) mass is 554 g/mol. The molecule has 0 spiro atoms. The maximum Gasteiger partial charge on any atom is 0.0754 e. The van der Waals surface area contributed by atoms with Crippen LogP contribution in [0.2, 0.25) is 0 Å². The van der Waals surface area contributed by atoms with E-state index in [-0.39, 0.29) is 0 Å². The molecule has 0 aliphatic carbocycles. The lowest BCUT2D eigenvalue weighted by Gasteiger charge is -2.13. The molecule has 0 radical (unpaired) electrons. The van der Waals surface area contributed by atoms with Gasteiger partial charge in [0.05, 0.1) is 11.4 Å². The predicted molar refractivity (Wildman–Crippen MR) is 163 cm³/mol. The molecule has 4 nitrogen and oxygen atoms in total. The molecule has 0 fully saturated rings. The van der Waals surface area contributed by atoms with Crippen molar-refractivity contribution < 1.29 is 0 Å². The van der Waals surface area contributed by atoms with Gasteiger partial charge in [-0.2, -0.15) is 0 Å². The molecule has 7 aromatic rings. The van der Waals surface area contributed by atoms with Crippen molar-refractivity contribution in [2.75, 3.05) is 5.32 Å². The Bertz CT molecular complexity index is 2080. The van der Waals surface area contributed by atoms with Crippen molar-refractivity contribution in [3.8, 4) is 0 Å². The molecule has 8 rings (SSSR count). The van der Waals surface area contributed by atoms with E-state index in [1.54, 1.807) is 0 Å². The Hall–Kier alpha value is -4.35. The lowest BCUT2D eigenvalue weighted by atomic mass is 9.93. The van der Waals surface area contributed by atoms with Gasteiger partial charge in [0.1, 0.15) is 0 Å². The topological polar surface area (TPSA) is 56.0 Å². The quantitative estimate of drug-likeness (QED) is 0.187. The lowest BCUT2D eigenvalue weighted by Crippen LogP contribution is -2.01. The minimum atomic E-state index is 0.745. The minimum Gasteiger partial charge on any atom is -0.381 e. The van der Waals surface area contributed by atoms with Crippen LogP contribution in [0.5, 0.6) is 0 Å². The molecule has 5 heteroatoms. The number of aromatic nitrogens is 2. The number of rotatable bonds is 4. The van der Waals surface area contributed by atoms with Crippen molar-refractivity contribution in [1.82, 2.24) is 9.97 Å². The number of hydrogen-bond donors (Lipinski definition) is 3. The van der Waals surface area contributed by atoms with Crippen LogP contribution in [0.15, 0.2) is 107 Å². The molecule has 3 heterocycles. The summed E-state index contributed by atoms with van der Waals surface area (Å²) in [6.07, 6.45) is 5.02. The van der Waals surface area contributed by atoms with Gasteiger partial charge >= 0.3 is 0 Å². The Morgan fingerprint density at radius 3 is 2.39 bits per heavy atom. The van der Waals surface area contributed by atoms with Gasteiger partial charge in [-0.15, -0.1) is 0 Å². The summed E-state index contributed by atoms with van der Waals surface area (Å²) >= 11 is 3.61. The highest BCUT2D eigenvalue weighted by atomic mass is 79.9. The molecule has 1 aliphatic rings. The van der Waals surface area contributed by atoms with Crippen LogP contribution in [0.1, 0.15) is 16.7 Å². The summed E-state index contributed by atoms with van der Waals surface area (Å²) in [7, 11) is 0. The molecule has 1 aliphatic heterocycles. The third-order valence-corrected chi connectivity index (χ3v) is 8.30. The Balaban J connectivity index is 1.22. The second-order valence-electron chi connectivity index (χ2n) is 9.97. The zero-order valence-corrected chi connectivity index (χ0v) is 22.1. The standard InChI is InChI=1S/C33H23BrN4/c34-20-9-12-31-26(13-20)19(17-36-31)16-35-21-10-11-23-22-5-1-2-7-25(22)33-28(27(23)14-21)15-32(38-33)29-18-37-30-8-4-3-6-24(29)30/h1-14,17-18,35-37H,15-16H2. The van der Waals surface area contributed by atoms with E-state index < -0.39 is 0 Å². The van der Waals surface area contributed by atoms with Gasteiger partial charge < -0.3 is 15.3 Å². The number of anilines is 1. The third kappa shape index (κ3) is 3.32. The van der Waals surface area contributed by atoms with Gasteiger partial charge in [-0.05, 0) is 63.7 Å². The van der Waals surface area contributed by atoms with Crippen molar-refractivity contribution >= 4 is 76.4 Å². The molecule has 0 bridgehead atoms. The number of nitrogens with one attached hydrogen (secondary N) is 3. The van der Waals surface area contributed by atoms with Crippen LogP contribution in [0.4, 0.5) is 11.4 Å². The Kier molecular flexibility index (Phi) is 4.76. The summed E-state index contributed by atoms with van der Waals surface area (Å²) in [5.74, 6) is 0. The summed E-state index contributed by atoms with van der Waals surface area (Å²) in [6.45, 7) is 0.745. The van der Waals surface area contributed by atoms with Crippen LogP contribution in [0, 0.1) is 0 Å². The van der Waals surface area contributed by atoms with Crippen molar-refractivity contribution in [3.63, 3.8) is 0 Å². The number of halogens is 1. The second kappa shape index (κ2) is 8.33. The first-order valence-electron chi connectivity index (χ1n) is 12.8. The van der Waals surface area contributed by atoms with Crippen LogP contribution in [-0.2, 0) is 13.0 Å². The van der Waals surface area contributed by atoms with Gasteiger partial charge in [0.15, 0.2) is 0 Å². The van der Waals surface area contributed by atoms with Gasteiger partial charge in [0, 0.05) is 68.3 Å². The second-order valence-corrected chi connectivity index (χ2v) is 10.9. The summed E-state index contributed by atoms with van der Waals surface area (Å²) in [5, 5.41) is 11.1. The smallest absolute Gasteiger partial charge is 0.0754 e. The van der Waals surface area contributed by atoms with E-state index in [2.05, 4.69) is 129 Å². The van der Waals surface area contributed by atoms with Gasteiger partial charge in [-0.1, -0.05) is 64.5 Å². The molecule has 182 valence electrons. The summed E-state index contributed by atoms with van der Waals surface area (Å²) in [5.41, 5.74) is 9.37. The van der Waals surface area contributed by atoms with Gasteiger partial charge in [0.25, 0.3) is 0 Å². The average Bonchev–Trinajstić information content (AvgIpc) is 3.68.